The highest BCUT2D eigenvalue weighted by atomic mass is 35.5. The van der Waals surface area contributed by atoms with Crippen LogP contribution < -0.4 is 0 Å². The number of halogens is 2. The maximum Gasteiger partial charge on any atom is 0.127 e. The van der Waals surface area contributed by atoms with Gasteiger partial charge in [-0.15, -0.1) is 0 Å². The molecule has 0 aromatic heterocycles. The van der Waals surface area contributed by atoms with E-state index in [-0.39, 0.29) is 10.8 Å². The SMILES string of the molecule is Cc1ccc(C(O)c2cc(C)c(F)cc2Cl)cc1. The van der Waals surface area contributed by atoms with Crippen LogP contribution in [0, 0.1) is 19.7 Å². The Bertz CT molecular complexity index is 563. The summed E-state index contributed by atoms with van der Waals surface area (Å²) in [7, 11) is 0. The standard InChI is InChI=1S/C15H14ClFO/c1-9-3-5-11(6-4-9)15(18)12-7-10(2)14(17)8-13(12)16/h3-8,15,18H,1-2H3. The Kier molecular flexibility index (Phi) is 3.69. The molecule has 2 aromatic rings. The summed E-state index contributed by atoms with van der Waals surface area (Å²) in [6, 6.07) is 10.3. The Labute approximate surface area is 111 Å². The molecule has 2 rings (SSSR count). The Hall–Kier alpha value is -1.38. The van der Waals surface area contributed by atoms with Gasteiger partial charge in [0.05, 0.1) is 0 Å². The van der Waals surface area contributed by atoms with E-state index in [1.807, 2.05) is 31.2 Å². The molecule has 0 amide bonds. The van der Waals surface area contributed by atoms with Gasteiger partial charge in [-0.05, 0) is 37.1 Å². The number of hydrogen-bond acceptors (Lipinski definition) is 1. The molecule has 1 N–H and O–H groups in total. The normalized spacial score (nSPS) is 12.5. The maximum atomic E-state index is 13.3. The van der Waals surface area contributed by atoms with Crippen LogP contribution in [0.2, 0.25) is 5.02 Å². The first kappa shape index (κ1) is 13.1. The van der Waals surface area contributed by atoms with Gasteiger partial charge in [0.1, 0.15) is 11.9 Å². The molecule has 94 valence electrons. The molecule has 0 saturated carbocycles. The molecule has 0 bridgehead atoms. The largest absolute Gasteiger partial charge is 0.384 e. The fraction of sp³-hybridized carbons (Fsp3) is 0.200. The summed E-state index contributed by atoms with van der Waals surface area (Å²) in [4.78, 5) is 0. The third kappa shape index (κ3) is 2.55. The molecule has 0 aliphatic rings. The fourth-order valence-corrected chi connectivity index (χ4v) is 2.07. The molecule has 0 spiro atoms. The van der Waals surface area contributed by atoms with Crippen molar-refractivity contribution in [2.45, 2.75) is 20.0 Å². The molecule has 0 aliphatic heterocycles. The van der Waals surface area contributed by atoms with Gasteiger partial charge in [-0.3, -0.25) is 0 Å². The van der Waals surface area contributed by atoms with Crippen molar-refractivity contribution in [2.75, 3.05) is 0 Å². The quantitative estimate of drug-likeness (QED) is 0.863. The van der Waals surface area contributed by atoms with Crippen LogP contribution in [0.4, 0.5) is 4.39 Å². The summed E-state index contributed by atoms with van der Waals surface area (Å²) in [5.41, 5.74) is 2.86. The molecular formula is C15H14ClFO. The molecule has 1 nitrogen and oxygen atoms in total. The summed E-state index contributed by atoms with van der Waals surface area (Å²) in [5, 5.41) is 10.5. The smallest absolute Gasteiger partial charge is 0.127 e. The third-order valence-corrected chi connectivity index (χ3v) is 3.29. The molecule has 3 heteroatoms. The van der Waals surface area contributed by atoms with Gasteiger partial charge in [0, 0.05) is 10.6 Å². The minimum absolute atomic E-state index is 0.242. The minimum atomic E-state index is -0.836. The Morgan fingerprint density at radius 2 is 1.72 bits per heavy atom. The zero-order chi connectivity index (χ0) is 13.3. The fourth-order valence-electron chi connectivity index (χ4n) is 1.82. The molecule has 18 heavy (non-hydrogen) atoms. The van der Waals surface area contributed by atoms with Crippen LogP contribution in [0.15, 0.2) is 36.4 Å². The van der Waals surface area contributed by atoms with Crippen molar-refractivity contribution in [2.24, 2.45) is 0 Å². The molecule has 1 atom stereocenters. The van der Waals surface area contributed by atoms with E-state index in [0.717, 1.165) is 11.1 Å². The van der Waals surface area contributed by atoms with E-state index in [9.17, 15) is 9.50 Å². The molecule has 0 heterocycles. The van der Waals surface area contributed by atoms with E-state index in [0.29, 0.717) is 11.1 Å². The first-order chi connectivity index (χ1) is 8.49. The minimum Gasteiger partial charge on any atom is -0.384 e. The molecule has 0 radical (unpaired) electrons. The molecule has 0 fully saturated rings. The topological polar surface area (TPSA) is 20.2 Å². The third-order valence-electron chi connectivity index (χ3n) is 2.97. The van der Waals surface area contributed by atoms with Crippen molar-refractivity contribution in [3.63, 3.8) is 0 Å². The molecule has 0 saturated heterocycles. The summed E-state index contributed by atoms with van der Waals surface area (Å²) >= 11 is 5.98. The Morgan fingerprint density at radius 3 is 2.33 bits per heavy atom. The van der Waals surface area contributed by atoms with Crippen LogP contribution in [0.25, 0.3) is 0 Å². The van der Waals surface area contributed by atoms with Crippen LogP contribution in [0.3, 0.4) is 0 Å². The lowest BCUT2D eigenvalue weighted by Crippen LogP contribution is -2.02. The van der Waals surface area contributed by atoms with Crippen molar-refractivity contribution in [3.05, 3.63) is 69.5 Å². The predicted molar refractivity (Wildman–Crippen MR) is 71.4 cm³/mol. The van der Waals surface area contributed by atoms with E-state index in [1.165, 1.54) is 6.07 Å². The second-order valence-corrected chi connectivity index (χ2v) is 4.84. The van der Waals surface area contributed by atoms with Gasteiger partial charge in [-0.25, -0.2) is 4.39 Å². The average Bonchev–Trinajstić information content (AvgIpc) is 2.34. The predicted octanol–water partition coefficient (Wildman–Crippen LogP) is 4.18. The second kappa shape index (κ2) is 5.09. The number of benzene rings is 2. The number of aryl methyl sites for hydroxylation is 2. The summed E-state index contributed by atoms with van der Waals surface area (Å²) < 4.78 is 13.3. The van der Waals surface area contributed by atoms with Crippen molar-refractivity contribution in [3.8, 4) is 0 Å². The highest BCUT2D eigenvalue weighted by Crippen LogP contribution is 2.30. The van der Waals surface area contributed by atoms with Gasteiger partial charge in [0.15, 0.2) is 0 Å². The van der Waals surface area contributed by atoms with Crippen molar-refractivity contribution < 1.29 is 9.50 Å². The van der Waals surface area contributed by atoms with E-state index in [4.69, 9.17) is 11.6 Å². The zero-order valence-electron chi connectivity index (χ0n) is 10.2. The molecule has 0 aliphatic carbocycles. The van der Waals surface area contributed by atoms with Crippen molar-refractivity contribution in [1.82, 2.24) is 0 Å². The van der Waals surface area contributed by atoms with Crippen LogP contribution in [0.1, 0.15) is 28.4 Å². The van der Waals surface area contributed by atoms with Crippen LogP contribution in [-0.2, 0) is 0 Å². The molecular weight excluding hydrogens is 251 g/mol. The average molecular weight is 265 g/mol. The van der Waals surface area contributed by atoms with Crippen LogP contribution >= 0.6 is 11.6 Å². The summed E-state index contributed by atoms with van der Waals surface area (Å²) in [6.45, 7) is 3.63. The highest BCUT2D eigenvalue weighted by molar-refractivity contribution is 6.31. The van der Waals surface area contributed by atoms with Gasteiger partial charge in [-0.1, -0.05) is 41.4 Å². The number of aliphatic hydroxyl groups excluding tert-OH is 1. The van der Waals surface area contributed by atoms with Gasteiger partial charge in [0.2, 0.25) is 0 Å². The zero-order valence-corrected chi connectivity index (χ0v) is 11.0. The summed E-state index contributed by atoms with van der Waals surface area (Å²) in [5.74, 6) is -0.361. The van der Waals surface area contributed by atoms with Crippen molar-refractivity contribution in [1.29, 1.82) is 0 Å². The van der Waals surface area contributed by atoms with Gasteiger partial charge >= 0.3 is 0 Å². The number of aliphatic hydroxyl groups is 1. The van der Waals surface area contributed by atoms with Gasteiger partial charge in [0.25, 0.3) is 0 Å². The number of hydrogen-bond donors (Lipinski definition) is 1. The summed E-state index contributed by atoms with van der Waals surface area (Å²) in [6.07, 6.45) is -0.836. The van der Waals surface area contributed by atoms with Crippen LogP contribution in [-0.4, -0.2) is 5.11 Å². The number of rotatable bonds is 2. The monoisotopic (exact) mass is 264 g/mol. The van der Waals surface area contributed by atoms with Gasteiger partial charge in [-0.2, -0.15) is 0 Å². The molecule has 1 unspecified atom stereocenters. The van der Waals surface area contributed by atoms with E-state index >= 15 is 0 Å². The van der Waals surface area contributed by atoms with Crippen LogP contribution in [0.5, 0.6) is 0 Å². The Balaban J connectivity index is 2.42. The van der Waals surface area contributed by atoms with E-state index in [2.05, 4.69) is 0 Å². The lowest BCUT2D eigenvalue weighted by Gasteiger charge is -2.14. The lowest BCUT2D eigenvalue weighted by molar-refractivity contribution is 0.220. The first-order valence-electron chi connectivity index (χ1n) is 5.69. The second-order valence-electron chi connectivity index (χ2n) is 4.44. The molecule has 2 aromatic carbocycles. The highest BCUT2D eigenvalue weighted by Gasteiger charge is 2.15. The van der Waals surface area contributed by atoms with E-state index in [1.54, 1.807) is 13.0 Å². The maximum absolute atomic E-state index is 13.3. The van der Waals surface area contributed by atoms with Gasteiger partial charge < -0.3 is 5.11 Å². The Morgan fingerprint density at radius 1 is 1.11 bits per heavy atom. The lowest BCUT2D eigenvalue weighted by atomic mass is 9.99. The first-order valence-corrected chi connectivity index (χ1v) is 6.07. The van der Waals surface area contributed by atoms with E-state index < -0.39 is 6.10 Å². The van der Waals surface area contributed by atoms with Crippen molar-refractivity contribution >= 4 is 11.6 Å².